The average molecular weight is 379 g/mol. The van der Waals surface area contributed by atoms with E-state index in [1.54, 1.807) is 30.3 Å². The molecule has 0 saturated heterocycles. The van der Waals surface area contributed by atoms with E-state index in [1.807, 2.05) is 19.1 Å². The molecule has 0 spiro atoms. The largest absolute Gasteiger partial charge is 0.494 e. The number of methoxy groups -OCH3 is 1. The number of carbonyl (C=O) groups excluding carboxylic acids is 1. The minimum Gasteiger partial charge on any atom is -0.494 e. The first-order valence-electron chi connectivity index (χ1n) is 8.52. The highest BCUT2D eigenvalue weighted by Gasteiger charge is 2.20. The van der Waals surface area contributed by atoms with E-state index in [2.05, 4.69) is 10.4 Å². The van der Waals surface area contributed by atoms with Gasteiger partial charge < -0.3 is 19.5 Å². The topological polar surface area (TPSA) is 91.7 Å². The van der Waals surface area contributed by atoms with Gasteiger partial charge in [-0.3, -0.25) is 9.59 Å². The monoisotopic (exact) mass is 379 g/mol. The Morgan fingerprint density at radius 2 is 1.93 bits per heavy atom. The molecule has 1 amide bonds. The third-order valence-electron chi connectivity index (χ3n) is 4.31. The molecule has 0 unspecified atom stereocenters. The highest BCUT2D eigenvalue weighted by atomic mass is 16.7. The van der Waals surface area contributed by atoms with Crippen LogP contribution in [-0.2, 0) is 0 Å². The molecule has 4 rings (SSSR count). The standard InChI is InChI=1S/C20H17N3O5/c1-12-5-3-4-6-14(12)23-18(24)10-17(26-2)19(22-23)20(25)21-13-7-8-15-16(9-13)28-11-27-15/h3-10H,11H2,1-2H3,(H,21,25). The van der Waals surface area contributed by atoms with Gasteiger partial charge in [-0.25, -0.2) is 0 Å². The zero-order valence-electron chi connectivity index (χ0n) is 15.3. The number of fused-ring (bicyclic) bond motifs is 1. The quantitative estimate of drug-likeness (QED) is 0.749. The van der Waals surface area contributed by atoms with Crippen molar-refractivity contribution in [2.24, 2.45) is 0 Å². The molecule has 8 heteroatoms. The third-order valence-corrected chi connectivity index (χ3v) is 4.31. The van der Waals surface area contributed by atoms with Gasteiger partial charge in [0.25, 0.3) is 11.5 Å². The number of aromatic nitrogens is 2. The second-order valence-electron chi connectivity index (χ2n) is 6.12. The Labute approximate surface area is 160 Å². The lowest BCUT2D eigenvalue weighted by atomic mass is 10.2. The first kappa shape index (κ1) is 17.6. The summed E-state index contributed by atoms with van der Waals surface area (Å²) >= 11 is 0. The molecule has 8 nitrogen and oxygen atoms in total. The lowest BCUT2D eigenvalue weighted by Gasteiger charge is -2.13. The summed E-state index contributed by atoms with van der Waals surface area (Å²) in [6.07, 6.45) is 0. The van der Waals surface area contributed by atoms with Crippen LogP contribution < -0.4 is 25.1 Å². The van der Waals surface area contributed by atoms with Crippen LogP contribution in [0.25, 0.3) is 5.69 Å². The van der Waals surface area contributed by atoms with Crippen LogP contribution in [0.3, 0.4) is 0 Å². The molecular weight excluding hydrogens is 362 g/mol. The predicted molar refractivity (Wildman–Crippen MR) is 102 cm³/mol. The molecule has 0 atom stereocenters. The van der Waals surface area contributed by atoms with Gasteiger partial charge in [0.15, 0.2) is 22.9 Å². The van der Waals surface area contributed by atoms with Crippen molar-refractivity contribution in [3.63, 3.8) is 0 Å². The maximum atomic E-state index is 12.8. The maximum Gasteiger partial charge on any atom is 0.280 e. The molecule has 1 aromatic heterocycles. The Morgan fingerprint density at radius 1 is 1.14 bits per heavy atom. The summed E-state index contributed by atoms with van der Waals surface area (Å²) in [5, 5.41) is 7.00. The van der Waals surface area contributed by atoms with Crippen LogP contribution in [0.1, 0.15) is 16.1 Å². The molecule has 142 valence electrons. The summed E-state index contributed by atoms with van der Waals surface area (Å²) in [4.78, 5) is 25.3. The van der Waals surface area contributed by atoms with Gasteiger partial charge in [0.05, 0.1) is 18.9 Å². The van der Waals surface area contributed by atoms with Crippen molar-refractivity contribution in [3.8, 4) is 22.9 Å². The van der Waals surface area contributed by atoms with Gasteiger partial charge in [-0.15, -0.1) is 0 Å². The van der Waals surface area contributed by atoms with Gasteiger partial charge in [-0.2, -0.15) is 9.78 Å². The van der Waals surface area contributed by atoms with Gasteiger partial charge in [0.1, 0.15) is 0 Å². The van der Waals surface area contributed by atoms with Crippen molar-refractivity contribution in [2.45, 2.75) is 6.92 Å². The summed E-state index contributed by atoms with van der Waals surface area (Å²) < 4.78 is 17.0. The molecule has 0 fully saturated rings. The van der Waals surface area contributed by atoms with Crippen LogP contribution in [0.15, 0.2) is 53.3 Å². The number of nitrogens with zero attached hydrogens (tertiary/aromatic N) is 2. The second kappa shape index (κ2) is 7.07. The van der Waals surface area contributed by atoms with Crippen LogP contribution in [0.2, 0.25) is 0 Å². The number of nitrogens with one attached hydrogen (secondary N) is 1. The second-order valence-corrected chi connectivity index (χ2v) is 6.12. The Kier molecular flexibility index (Phi) is 4.44. The van der Waals surface area contributed by atoms with E-state index < -0.39 is 11.5 Å². The highest BCUT2D eigenvalue weighted by Crippen LogP contribution is 2.34. The molecule has 28 heavy (non-hydrogen) atoms. The Balaban J connectivity index is 1.72. The van der Waals surface area contributed by atoms with Crippen molar-refractivity contribution in [3.05, 3.63) is 70.1 Å². The van der Waals surface area contributed by atoms with Crippen LogP contribution in [0.4, 0.5) is 5.69 Å². The van der Waals surface area contributed by atoms with Crippen molar-refractivity contribution in [1.29, 1.82) is 0 Å². The number of hydrogen-bond donors (Lipinski definition) is 1. The summed E-state index contributed by atoms with van der Waals surface area (Å²) in [5.74, 6) is 0.732. The summed E-state index contributed by atoms with van der Waals surface area (Å²) in [6, 6.07) is 13.6. The molecule has 2 heterocycles. The number of anilines is 1. The van der Waals surface area contributed by atoms with E-state index in [-0.39, 0.29) is 18.2 Å². The fourth-order valence-corrected chi connectivity index (χ4v) is 2.89. The number of ether oxygens (including phenoxy) is 3. The number of aryl methyl sites for hydroxylation is 1. The van der Waals surface area contributed by atoms with Gasteiger partial charge in [-0.1, -0.05) is 18.2 Å². The molecule has 2 aromatic carbocycles. The van der Waals surface area contributed by atoms with E-state index in [9.17, 15) is 9.59 Å². The Morgan fingerprint density at radius 3 is 2.71 bits per heavy atom. The zero-order valence-corrected chi connectivity index (χ0v) is 15.3. The van der Waals surface area contributed by atoms with Gasteiger partial charge in [0, 0.05) is 11.8 Å². The van der Waals surface area contributed by atoms with Crippen LogP contribution in [0, 0.1) is 6.92 Å². The predicted octanol–water partition coefficient (Wildman–Crippen LogP) is 2.53. The molecular formula is C20H17N3O5. The van der Waals surface area contributed by atoms with E-state index in [0.717, 1.165) is 5.56 Å². The van der Waals surface area contributed by atoms with E-state index in [1.165, 1.54) is 17.9 Å². The summed E-state index contributed by atoms with van der Waals surface area (Å²) in [7, 11) is 1.38. The fraction of sp³-hybridized carbons (Fsp3) is 0.150. The van der Waals surface area contributed by atoms with Gasteiger partial charge in [0.2, 0.25) is 6.79 Å². The number of amides is 1. The first-order valence-corrected chi connectivity index (χ1v) is 8.52. The minimum atomic E-state index is -0.516. The number of rotatable bonds is 4. The lowest BCUT2D eigenvalue weighted by molar-refractivity contribution is 0.101. The molecule has 0 radical (unpaired) electrons. The zero-order chi connectivity index (χ0) is 19.7. The summed E-state index contributed by atoms with van der Waals surface area (Å²) in [5.41, 5.74) is 1.54. The molecule has 0 aliphatic carbocycles. The molecule has 0 bridgehead atoms. The van der Waals surface area contributed by atoms with Crippen molar-refractivity contribution < 1.29 is 19.0 Å². The van der Waals surface area contributed by atoms with Crippen LogP contribution in [0.5, 0.6) is 17.2 Å². The molecule has 3 aromatic rings. The van der Waals surface area contributed by atoms with E-state index in [4.69, 9.17) is 14.2 Å². The minimum absolute atomic E-state index is 0.0111. The van der Waals surface area contributed by atoms with Crippen LogP contribution in [-0.4, -0.2) is 29.6 Å². The third kappa shape index (κ3) is 3.16. The summed E-state index contributed by atoms with van der Waals surface area (Å²) in [6.45, 7) is 2.00. The van der Waals surface area contributed by atoms with Crippen LogP contribution >= 0.6 is 0 Å². The molecule has 0 saturated carbocycles. The van der Waals surface area contributed by atoms with E-state index >= 15 is 0 Å². The Hall–Kier alpha value is -3.81. The van der Waals surface area contributed by atoms with Crippen molar-refractivity contribution >= 4 is 11.6 Å². The van der Waals surface area contributed by atoms with Crippen molar-refractivity contribution in [2.75, 3.05) is 19.2 Å². The number of benzene rings is 2. The average Bonchev–Trinajstić information content (AvgIpc) is 3.16. The smallest absolute Gasteiger partial charge is 0.280 e. The Bertz CT molecular complexity index is 1120. The fourth-order valence-electron chi connectivity index (χ4n) is 2.89. The van der Waals surface area contributed by atoms with Gasteiger partial charge in [-0.05, 0) is 30.7 Å². The molecule has 1 aliphatic rings. The number of hydrogen-bond acceptors (Lipinski definition) is 6. The normalized spacial score (nSPS) is 11.9. The number of para-hydroxylation sites is 1. The number of carbonyl (C=O) groups is 1. The van der Waals surface area contributed by atoms with Crippen molar-refractivity contribution in [1.82, 2.24) is 9.78 Å². The first-order chi connectivity index (χ1) is 13.6. The SMILES string of the molecule is COc1cc(=O)n(-c2ccccc2C)nc1C(=O)Nc1ccc2c(c1)OCO2. The molecule has 1 aliphatic heterocycles. The molecule has 1 N–H and O–H groups in total. The van der Waals surface area contributed by atoms with Gasteiger partial charge >= 0.3 is 0 Å². The lowest BCUT2D eigenvalue weighted by Crippen LogP contribution is -2.26. The maximum absolute atomic E-state index is 12.8. The van der Waals surface area contributed by atoms with E-state index in [0.29, 0.717) is 22.9 Å². The highest BCUT2D eigenvalue weighted by molar-refractivity contribution is 6.04.